The monoisotopic (exact) mass is 338 g/mol. The lowest BCUT2D eigenvalue weighted by Crippen LogP contribution is -2.18. The molecule has 1 atom stereocenters. The summed E-state index contributed by atoms with van der Waals surface area (Å²) in [6, 6.07) is 15.4. The lowest BCUT2D eigenvalue weighted by molar-refractivity contribution is 0.714. The van der Waals surface area contributed by atoms with Crippen molar-refractivity contribution in [3.8, 4) is 11.1 Å². The second-order valence-corrected chi connectivity index (χ2v) is 7.49. The SMILES string of the molecule is CC1=C(c2ncccn2)C(C)Cc2c1ccc1c2CCc2ccccc2-1. The summed E-state index contributed by atoms with van der Waals surface area (Å²) in [4.78, 5) is 9.05. The van der Waals surface area contributed by atoms with Gasteiger partial charge in [-0.15, -0.1) is 0 Å². The Kier molecular flexibility index (Phi) is 3.53. The van der Waals surface area contributed by atoms with Crippen LogP contribution in [0.15, 0.2) is 54.9 Å². The fourth-order valence-electron chi connectivity index (χ4n) is 4.83. The minimum absolute atomic E-state index is 0.438. The molecule has 0 aliphatic heterocycles. The van der Waals surface area contributed by atoms with Gasteiger partial charge in [-0.25, -0.2) is 9.97 Å². The minimum atomic E-state index is 0.438. The third-order valence-electron chi connectivity index (χ3n) is 6.00. The van der Waals surface area contributed by atoms with Crippen LogP contribution in [0.2, 0.25) is 0 Å². The zero-order chi connectivity index (χ0) is 17.7. The molecule has 3 aromatic rings. The smallest absolute Gasteiger partial charge is 0.155 e. The van der Waals surface area contributed by atoms with Crippen molar-refractivity contribution in [2.75, 3.05) is 0 Å². The van der Waals surface area contributed by atoms with Gasteiger partial charge in [-0.1, -0.05) is 43.3 Å². The molecule has 2 aliphatic rings. The Labute approximate surface area is 154 Å². The van der Waals surface area contributed by atoms with Gasteiger partial charge in [0.25, 0.3) is 0 Å². The Morgan fingerprint density at radius 1 is 0.808 bits per heavy atom. The van der Waals surface area contributed by atoms with Gasteiger partial charge in [-0.2, -0.15) is 0 Å². The van der Waals surface area contributed by atoms with E-state index < -0.39 is 0 Å². The molecule has 0 radical (unpaired) electrons. The van der Waals surface area contributed by atoms with Crippen molar-refractivity contribution < 1.29 is 0 Å². The van der Waals surface area contributed by atoms with Crippen LogP contribution in [0.25, 0.3) is 22.3 Å². The quantitative estimate of drug-likeness (QED) is 0.596. The Morgan fingerprint density at radius 3 is 2.42 bits per heavy atom. The third-order valence-corrected chi connectivity index (χ3v) is 6.00. The van der Waals surface area contributed by atoms with Gasteiger partial charge < -0.3 is 0 Å². The molecule has 2 heteroatoms. The molecular weight excluding hydrogens is 316 g/mol. The molecule has 128 valence electrons. The highest BCUT2D eigenvalue weighted by atomic mass is 14.9. The van der Waals surface area contributed by atoms with E-state index in [0.717, 1.165) is 25.1 Å². The normalized spacial score (nSPS) is 18.2. The van der Waals surface area contributed by atoms with Crippen molar-refractivity contribution >= 4 is 11.1 Å². The van der Waals surface area contributed by atoms with Crippen molar-refractivity contribution in [2.24, 2.45) is 5.92 Å². The molecule has 0 fully saturated rings. The van der Waals surface area contributed by atoms with Crippen LogP contribution in [-0.2, 0) is 19.3 Å². The van der Waals surface area contributed by atoms with Crippen LogP contribution in [0.5, 0.6) is 0 Å². The fourth-order valence-corrected chi connectivity index (χ4v) is 4.83. The Balaban J connectivity index is 1.71. The average molecular weight is 338 g/mol. The molecule has 0 spiro atoms. The van der Waals surface area contributed by atoms with Crippen molar-refractivity contribution in [3.05, 3.63) is 82.9 Å². The van der Waals surface area contributed by atoms with E-state index in [2.05, 4.69) is 60.2 Å². The van der Waals surface area contributed by atoms with Crippen LogP contribution in [-0.4, -0.2) is 9.97 Å². The van der Waals surface area contributed by atoms with E-state index in [1.54, 1.807) is 11.1 Å². The summed E-state index contributed by atoms with van der Waals surface area (Å²) in [5.74, 6) is 1.32. The second kappa shape index (κ2) is 5.91. The second-order valence-electron chi connectivity index (χ2n) is 7.49. The Hall–Kier alpha value is -2.74. The first-order valence-corrected chi connectivity index (χ1v) is 9.45. The summed E-state index contributed by atoms with van der Waals surface area (Å²) in [6.45, 7) is 4.55. The number of aryl methyl sites for hydroxylation is 1. The van der Waals surface area contributed by atoms with Gasteiger partial charge in [0.2, 0.25) is 0 Å². The van der Waals surface area contributed by atoms with E-state index in [4.69, 9.17) is 0 Å². The predicted octanol–water partition coefficient (Wildman–Crippen LogP) is 5.37. The molecule has 26 heavy (non-hydrogen) atoms. The van der Waals surface area contributed by atoms with E-state index in [1.165, 1.54) is 33.4 Å². The lowest BCUT2D eigenvalue weighted by Gasteiger charge is -2.31. The highest BCUT2D eigenvalue weighted by molar-refractivity contribution is 5.93. The zero-order valence-electron chi connectivity index (χ0n) is 15.3. The molecule has 2 aliphatic carbocycles. The summed E-state index contributed by atoms with van der Waals surface area (Å²) < 4.78 is 0. The standard InChI is InChI=1S/C24H22N2/c1-15-14-22-18(16(2)23(15)24-25-12-5-13-26-24)10-11-20-19-7-4-3-6-17(19)8-9-21(20)22/h3-7,10-13,15H,8-9,14H2,1-2H3. The molecule has 1 aromatic heterocycles. The van der Waals surface area contributed by atoms with Crippen molar-refractivity contribution in [3.63, 3.8) is 0 Å². The van der Waals surface area contributed by atoms with Crippen LogP contribution in [0.3, 0.4) is 0 Å². The Bertz CT molecular complexity index is 1030. The van der Waals surface area contributed by atoms with E-state index in [1.807, 2.05) is 18.5 Å². The topological polar surface area (TPSA) is 25.8 Å². The summed E-state index contributed by atoms with van der Waals surface area (Å²) in [6.07, 6.45) is 7.05. The molecular formula is C24H22N2. The van der Waals surface area contributed by atoms with Gasteiger partial charge in [-0.3, -0.25) is 0 Å². The number of hydrogen-bond acceptors (Lipinski definition) is 2. The first kappa shape index (κ1) is 15.5. The highest BCUT2D eigenvalue weighted by Gasteiger charge is 2.29. The van der Waals surface area contributed by atoms with Gasteiger partial charge in [-0.05, 0) is 77.1 Å². The van der Waals surface area contributed by atoms with Crippen molar-refractivity contribution in [2.45, 2.75) is 33.1 Å². The van der Waals surface area contributed by atoms with Crippen molar-refractivity contribution in [1.29, 1.82) is 0 Å². The van der Waals surface area contributed by atoms with E-state index in [0.29, 0.717) is 5.92 Å². The maximum absolute atomic E-state index is 4.52. The lowest BCUT2D eigenvalue weighted by atomic mass is 9.73. The number of aromatic nitrogens is 2. The van der Waals surface area contributed by atoms with Gasteiger partial charge in [0.1, 0.15) is 0 Å². The van der Waals surface area contributed by atoms with Gasteiger partial charge in [0.15, 0.2) is 5.82 Å². The average Bonchev–Trinajstić information content (AvgIpc) is 2.68. The molecule has 0 bridgehead atoms. The van der Waals surface area contributed by atoms with Crippen molar-refractivity contribution in [1.82, 2.24) is 9.97 Å². The van der Waals surface area contributed by atoms with E-state index in [9.17, 15) is 0 Å². The molecule has 1 unspecified atom stereocenters. The Morgan fingerprint density at radius 2 is 1.58 bits per heavy atom. The number of fused-ring (bicyclic) bond motifs is 5. The molecule has 0 saturated heterocycles. The third kappa shape index (κ3) is 2.25. The van der Waals surface area contributed by atoms with Crippen LogP contribution in [0, 0.1) is 5.92 Å². The van der Waals surface area contributed by atoms with Gasteiger partial charge in [0, 0.05) is 18.0 Å². The molecule has 0 amide bonds. The van der Waals surface area contributed by atoms with Gasteiger partial charge >= 0.3 is 0 Å². The summed E-state index contributed by atoms with van der Waals surface area (Å²) >= 11 is 0. The number of nitrogens with zero attached hydrogens (tertiary/aromatic N) is 2. The zero-order valence-corrected chi connectivity index (χ0v) is 15.3. The molecule has 5 rings (SSSR count). The molecule has 0 N–H and O–H groups in total. The van der Waals surface area contributed by atoms with Gasteiger partial charge in [0.05, 0.1) is 0 Å². The van der Waals surface area contributed by atoms with Crippen LogP contribution in [0.1, 0.15) is 41.9 Å². The number of allylic oxidation sites excluding steroid dienone is 2. The number of benzene rings is 2. The summed E-state index contributed by atoms with van der Waals surface area (Å²) in [5.41, 5.74) is 11.5. The molecule has 2 aromatic carbocycles. The van der Waals surface area contributed by atoms with Crippen LogP contribution < -0.4 is 0 Å². The number of hydrogen-bond donors (Lipinski definition) is 0. The maximum atomic E-state index is 4.52. The molecule has 1 heterocycles. The number of rotatable bonds is 1. The maximum Gasteiger partial charge on any atom is 0.155 e. The van der Waals surface area contributed by atoms with E-state index >= 15 is 0 Å². The predicted molar refractivity (Wildman–Crippen MR) is 107 cm³/mol. The highest BCUT2D eigenvalue weighted by Crippen LogP contribution is 2.44. The van der Waals surface area contributed by atoms with Crippen LogP contribution >= 0.6 is 0 Å². The fraction of sp³-hybridized carbons (Fsp3) is 0.250. The first-order chi connectivity index (χ1) is 12.7. The molecule has 0 saturated carbocycles. The largest absolute Gasteiger partial charge is 0.237 e. The summed E-state index contributed by atoms with van der Waals surface area (Å²) in [7, 11) is 0. The van der Waals surface area contributed by atoms with E-state index in [-0.39, 0.29) is 0 Å². The molecule has 2 nitrogen and oxygen atoms in total. The summed E-state index contributed by atoms with van der Waals surface area (Å²) in [5, 5.41) is 0. The first-order valence-electron chi connectivity index (χ1n) is 9.45. The van der Waals surface area contributed by atoms with Crippen LogP contribution in [0.4, 0.5) is 0 Å². The minimum Gasteiger partial charge on any atom is -0.237 e.